The first kappa shape index (κ1) is 54.7. The molecule has 3 N–H and O–H groups in total. The molecule has 0 saturated carbocycles. The van der Waals surface area contributed by atoms with Crippen LogP contribution in [0.4, 0.5) is 0 Å². The minimum absolute atomic E-state index is 0. The quantitative estimate of drug-likeness (QED) is 0.0586. The number of ether oxygens (including phenoxy) is 5. The fourth-order valence-corrected chi connectivity index (χ4v) is 6.38. The van der Waals surface area contributed by atoms with E-state index in [-0.39, 0.29) is 128 Å². The van der Waals surface area contributed by atoms with E-state index in [1.54, 1.807) is 105 Å². The Morgan fingerprint density at radius 1 is 0.677 bits per heavy atom. The molecule has 19 nitrogen and oxygen atoms in total. The van der Waals surface area contributed by atoms with Crippen LogP contribution in [0.5, 0.6) is 40.4 Å². The Hall–Kier alpha value is -4.63. The minimum Gasteiger partial charge on any atom is -1.00 e. The Morgan fingerprint density at radius 3 is 1.62 bits per heavy atom. The Bertz CT molecular complexity index is 2940. The third-order valence-corrected chi connectivity index (χ3v) is 9.35. The van der Waals surface area contributed by atoms with E-state index in [1.807, 2.05) is 0 Å². The van der Waals surface area contributed by atoms with Crippen molar-refractivity contribution in [2.45, 2.75) is 13.8 Å². The van der Waals surface area contributed by atoms with E-state index in [9.17, 15) is 14.7 Å². The second-order valence-corrected chi connectivity index (χ2v) is 13.0. The number of halogens is 1. The number of furan rings is 2. The molecule has 0 atom stereocenters. The van der Waals surface area contributed by atoms with Gasteiger partial charge in [-0.1, -0.05) is 11.6 Å². The van der Waals surface area contributed by atoms with Gasteiger partial charge in [0.1, 0.15) is 52.0 Å². The Morgan fingerprint density at radius 2 is 1.12 bits per heavy atom. The van der Waals surface area contributed by atoms with Gasteiger partial charge in [0.25, 0.3) is 18.3 Å². The van der Waals surface area contributed by atoms with Gasteiger partial charge in [-0.05, 0) is 50.2 Å². The number of hydrogen-bond acceptors (Lipinski definition) is 17. The number of carbonyl (C=O) groups excluding carboxylic acids is 3. The molecule has 4 aromatic heterocycles. The summed E-state index contributed by atoms with van der Waals surface area (Å²) in [5, 5.41) is 26.1. The van der Waals surface area contributed by atoms with Crippen molar-refractivity contribution in [3.63, 3.8) is 0 Å². The molecule has 65 heavy (non-hydrogen) atoms. The molecule has 0 aliphatic rings. The van der Waals surface area contributed by atoms with E-state index in [0.29, 0.717) is 95.3 Å². The van der Waals surface area contributed by atoms with E-state index in [2.05, 4.69) is 35.5 Å². The molecule has 0 fully saturated rings. The molecule has 22 heteroatoms. The molecule has 8 rings (SSSR count). The fourth-order valence-electron chi connectivity index (χ4n) is 6.19. The van der Waals surface area contributed by atoms with Crippen molar-refractivity contribution in [2.24, 2.45) is 0 Å². The van der Waals surface area contributed by atoms with Crippen molar-refractivity contribution in [3.05, 3.63) is 101 Å². The third-order valence-electron chi connectivity index (χ3n) is 9.05. The number of phenols is 1. The first-order chi connectivity index (χ1) is 30.4. The number of aromatic hydroxyl groups is 1. The number of rotatable bonds is 9. The summed E-state index contributed by atoms with van der Waals surface area (Å²) in [5.41, 5.74) is 3.49. The molecule has 4 aromatic carbocycles. The van der Waals surface area contributed by atoms with Crippen LogP contribution < -0.4 is 142 Å². The first-order valence-corrected chi connectivity index (χ1v) is 18.7. The fraction of sp³-hybridized carbons (Fsp3) is 0.186. The zero-order chi connectivity index (χ0) is 45.8. The van der Waals surface area contributed by atoms with Crippen LogP contribution in [0.1, 0.15) is 33.7 Å². The number of aryl methyl sites for hydroxylation is 2. The van der Waals surface area contributed by atoms with Gasteiger partial charge in [0.15, 0.2) is 23.0 Å². The Balaban J connectivity index is 0.000000344. The molecular weight excluding hydrogens is 922 g/mol. The molecule has 2 amide bonds. The van der Waals surface area contributed by atoms with Crippen molar-refractivity contribution >= 4 is 73.6 Å². The maximum absolute atomic E-state index is 12.1. The normalized spacial score (nSPS) is 10.0. The van der Waals surface area contributed by atoms with Gasteiger partial charge in [-0.15, -0.1) is 0 Å². The Labute approximate surface area is 462 Å². The van der Waals surface area contributed by atoms with Crippen LogP contribution in [0.2, 0.25) is 5.15 Å². The summed E-state index contributed by atoms with van der Waals surface area (Å²) < 4.78 is 38.1. The number of benzene rings is 4. The van der Waals surface area contributed by atoms with Crippen LogP contribution >= 0.6 is 11.6 Å². The van der Waals surface area contributed by atoms with E-state index in [4.69, 9.17) is 54.2 Å². The summed E-state index contributed by atoms with van der Waals surface area (Å²) in [5.74, 6) is 4.08. The van der Waals surface area contributed by atoms with Crippen molar-refractivity contribution in [3.8, 4) is 40.4 Å². The molecule has 0 bridgehead atoms. The number of phenolic OH excluding ortho intramolecular Hbond substituents is 1. The number of fused-ring (bicyclic) bond motifs is 4. The summed E-state index contributed by atoms with van der Waals surface area (Å²) in [6.45, 7) is 3.30. The van der Waals surface area contributed by atoms with Gasteiger partial charge >= 0.3 is 103 Å². The van der Waals surface area contributed by atoms with Crippen molar-refractivity contribution in [1.29, 1.82) is 0 Å². The predicted molar refractivity (Wildman–Crippen MR) is 229 cm³/mol. The van der Waals surface area contributed by atoms with E-state index >= 15 is 0 Å². The second-order valence-electron chi connectivity index (χ2n) is 12.6. The SMILES string of the molecule is CNC(=O)c1c(C)oc2cc(O)ccc12.CNC(=O)c1c(C)oc2cc(Oc3ncnc4cc(OC)c(OC)cc34)ccc12.COc1cc2ncnc(Cl)c2cc1OC.O=CO[O-].[H-].[K+].[K+]. The summed E-state index contributed by atoms with van der Waals surface area (Å²) in [4.78, 5) is 51.4. The van der Waals surface area contributed by atoms with E-state index in [1.165, 1.54) is 24.8 Å². The van der Waals surface area contributed by atoms with Gasteiger partial charge in [-0.3, -0.25) is 14.4 Å². The summed E-state index contributed by atoms with van der Waals surface area (Å²) in [6, 6.07) is 17.0. The summed E-state index contributed by atoms with van der Waals surface area (Å²) in [7, 11) is 9.43. The van der Waals surface area contributed by atoms with Gasteiger partial charge < -0.3 is 59.8 Å². The van der Waals surface area contributed by atoms with Crippen molar-refractivity contribution in [2.75, 3.05) is 42.5 Å². The Kier molecular flexibility index (Phi) is 21.8. The van der Waals surface area contributed by atoms with Crippen LogP contribution in [0.3, 0.4) is 0 Å². The number of aromatic nitrogens is 4. The second kappa shape index (κ2) is 25.9. The van der Waals surface area contributed by atoms with Gasteiger partial charge in [0, 0.05) is 54.5 Å². The molecule has 0 aliphatic carbocycles. The van der Waals surface area contributed by atoms with Crippen LogP contribution in [0, 0.1) is 13.8 Å². The number of hydrogen-bond donors (Lipinski definition) is 3. The van der Waals surface area contributed by atoms with Gasteiger partial charge in [-0.2, -0.15) is 0 Å². The van der Waals surface area contributed by atoms with Crippen LogP contribution in [0.15, 0.2) is 82.2 Å². The van der Waals surface area contributed by atoms with Gasteiger partial charge in [-0.25, -0.2) is 19.9 Å². The molecule has 8 aromatic rings. The average molecular weight is 963 g/mol. The molecule has 4 heterocycles. The molecule has 0 spiro atoms. The van der Waals surface area contributed by atoms with Crippen molar-refractivity contribution in [1.82, 2.24) is 30.6 Å². The topological polar surface area (TPSA) is 252 Å². The molecule has 0 radical (unpaired) electrons. The molecule has 0 saturated heterocycles. The monoisotopic (exact) mass is 962 g/mol. The molecular formula is C43H41ClK2N6O13. The minimum atomic E-state index is -0.197. The summed E-state index contributed by atoms with van der Waals surface area (Å²) >= 11 is 5.93. The zero-order valence-electron chi connectivity index (χ0n) is 38.0. The predicted octanol–water partition coefficient (Wildman–Crippen LogP) is 0.516. The van der Waals surface area contributed by atoms with Gasteiger partial charge in [0.2, 0.25) is 5.88 Å². The molecule has 0 aliphatic heterocycles. The number of amides is 2. The number of nitrogens with zero attached hydrogens (tertiary/aromatic N) is 4. The summed E-state index contributed by atoms with van der Waals surface area (Å²) in [6.07, 6.45) is 2.83. The standard InChI is InChI=1S/C21H19N3O5.C11H11NO3.C10H9ClN2O2.CH2O3.2K.H/c1-11-19(20(25)22-2)13-6-5-12(7-16(13)28-11)29-21-14-8-17(26-3)18(27-4)9-15(14)23-10-24-21;1-6-10(11(14)12-2)8-4-3-7(13)5-9(8)15-6;1-14-8-3-6-7(4-9(8)15-2)12-5-13-10(6)11;2-1-4-3;;;/h5-10H,1-4H3,(H,22,25);3-5,13H,1-2H3,(H,12,14);3-5H,1-2H3;1,3H;;;/q;;;;2*+1;-1/p-1. The van der Waals surface area contributed by atoms with Crippen LogP contribution in [-0.4, -0.2) is 85.9 Å². The maximum Gasteiger partial charge on any atom is 1.00 e. The van der Waals surface area contributed by atoms with Crippen LogP contribution in [-0.2, 0) is 9.68 Å². The van der Waals surface area contributed by atoms with E-state index in [0.717, 1.165) is 10.9 Å². The largest absolute Gasteiger partial charge is 1.00 e. The number of methoxy groups -OCH3 is 4. The first-order valence-electron chi connectivity index (χ1n) is 18.3. The average Bonchev–Trinajstić information content (AvgIpc) is 3.81. The van der Waals surface area contributed by atoms with Gasteiger partial charge in [0.05, 0.1) is 56.0 Å². The smallest absolute Gasteiger partial charge is 1.00 e. The zero-order valence-corrected chi connectivity index (χ0v) is 44.0. The van der Waals surface area contributed by atoms with E-state index < -0.39 is 0 Å². The number of nitrogens with one attached hydrogen (secondary N) is 2. The van der Waals surface area contributed by atoms with Crippen molar-refractivity contribution < 1.29 is 166 Å². The molecule has 0 unspecified atom stereocenters. The third kappa shape index (κ3) is 13.1. The van der Waals surface area contributed by atoms with Crippen LogP contribution in [0.25, 0.3) is 43.7 Å². The molecule has 330 valence electrons. The maximum atomic E-state index is 12.1. The number of carbonyl (C=O) groups is 3.